The second-order valence-corrected chi connectivity index (χ2v) is 9.79. The molecule has 1 fully saturated rings. The van der Waals surface area contributed by atoms with Gasteiger partial charge in [-0.05, 0) is 31.0 Å². The minimum atomic E-state index is -0.725. The molecule has 1 saturated heterocycles. The molecule has 31 heavy (non-hydrogen) atoms. The number of ether oxygens (including phenoxy) is 1. The van der Waals surface area contributed by atoms with Crippen LogP contribution in [-0.2, 0) is 17.4 Å². The first-order valence-corrected chi connectivity index (χ1v) is 12.0. The topological polar surface area (TPSA) is 107 Å². The molecule has 1 aliphatic heterocycles. The predicted octanol–water partition coefficient (Wildman–Crippen LogP) is 4.25. The van der Waals surface area contributed by atoms with E-state index in [1.165, 1.54) is 12.4 Å². The quantitative estimate of drug-likeness (QED) is 0.407. The fraction of sp³-hybridized carbons (Fsp3) is 0.286. The Kier molecular flexibility index (Phi) is 6.60. The largest absolute Gasteiger partial charge is 0.489 e. The molecule has 10 heteroatoms. The van der Waals surface area contributed by atoms with Crippen molar-refractivity contribution in [2.75, 3.05) is 17.2 Å². The van der Waals surface area contributed by atoms with E-state index < -0.39 is 10.8 Å². The Labute approximate surface area is 192 Å². The molecule has 7 nitrogen and oxygen atoms in total. The van der Waals surface area contributed by atoms with Crippen molar-refractivity contribution in [3.63, 3.8) is 0 Å². The van der Waals surface area contributed by atoms with Crippen LogP contribution in [0, 0.1) is 5.41 Å². The number of nitrogens with zero attached hydrogens (tertiary/aromatic N) is 3. The molecule has 2 aromatic heterocycles. The zero-order chi connectivity index (χ0) is 22.0. The first-order chi connectivity index (χ1) is 14.9. The van der Waals surface area contributed by atoms with Gasteiger partial charge >= 0.3 is 0 Å². The van der Waals surface area contributed by atoms with E-state index in [9.17, 15) is 4.21 Å². The van der Waals surface area contributed by atoms with Crippen molar-refractivity contribution in [3.8, 4) is 5.75 Å². The fourth-order valence-electron chi connectivity index (χ4n) is 3.44. The lowest BCUT2D eigenvalue weighted by Gasteiger charge is -2.21. The second kappa shape index (κ2) is 9.38. The Balaban J connectivity index is 1.50. The summed E-state index contributed by atoms with van der Waals surface area (Å²) in [6, 6.07) is 5.37. The van der Waals surface area contributed by atoms with Crippen LogP contribution in [0.1, 0.15) is 35.6 Å². The van der Waals surface area contributed by atoms with Crippen molar-refractivity contribution in [2.24, 2.45) is 0 Å². The average molecular weight is 478 g/mol. The minimum Gasteiger partial charge on any atom is -0.489 e. The molecule has 0 bridgehead atoms. The molecular formula is C21H21Cl2N5O2S. The molecule has 0 radical (unpaired) electrons. The summed E-state index contributed by atoms with van der Waals surface area (Å²) in [7, 11) is -0.725. The van der Waals surface area contributed by atoms with E-state index in [4.69, 9.17) is 39.1 Å². The minimum absolute atomic E-state index is 0.165. The monoisotopic (exact) mass is 477 g/mol. The van der Waals surface area contributed by atoms with E-state index in [-0.39, 0.29) is 18.4 Å². The van der Waals surface area contributed by atoms with Crippen molar-refractivity contribution in [2.45, 2.75) is 25.5 Å². The number of pyridine rings is 1. The Morgan fingerprint density at radius 2 is 1.94 bits per heavy atom. The Hall–Kier alpha value is -2.42. The lowest BCUT2D eigenvalue weighted by Crippen LogP contribution is -2.22. The van der Waals surface area contributed by atoms with Crippen LogP contribution >= 0.6 is 23.2 Å². The van der Waals surface area contributed by atoms with Crippen LogP contribution in [0.3, 0.4) is 0 Å². The Bertz CT molecular complexity index is 1120. The van der Waals surface area contributed by atoms with Crippen LogP contribution in [0.25, 0.3) is 0 Å². The molecule has 0 amide bonds. The van der Waals surface area contributed by atoms with Crippen molar-refractivity contribution >= 4 is 45.4 Å². The standard InChI is InChI=1S/C21H21Cl2N5O2S/c22-18-9-26-10-19(23)17(18)12-30-15-1-2-20(24)16(7-15)21(25)13-8-27-28(11-13)14-3-5-31(29)6-4-14/h1-2,7-11,14,25H,3-6,12,24H2. The van der Waals surface area contributed by atoms with Crippen LogP contribution in [0.2, 0.25) is 10.0 Å². The third kappa shape index (κ3) is 4.92. The van der Waals surface area contributed by atoms with E-state index in [0.29, 0.717) is 49.7 Å². The van der Waals surface area contributed by atoms with Gasteiger partial charge < -0.3 is 10.5 Å². The molecule has 1 aliphatic rings. The number of benzene rings is 1. The van der Waals surface area contributed by atoms with E-state index in [1.54, 1.807) is 24.4 Å². The van der Waals surface area contributed by atoms with Crippen molar-refractivity contribution in [1.82, 2.24) is 14.8 Å². The number of anilines is 1. The highest BCUT2D eigenvalue weighted by Crippen LogP contribution is 2.28. The van der Waals surface area contributed by atoms with E-state index in [2.05, 4.69) is 10.1 Å². The summed E-state index contributed by atoms with van der Waals surface area (Å²) in [5.74, 6) is 1.92. The normalized spacial score (nSPS) is 18.6. The summed E-state index contributed by atoms with van der Waals surface area (Å²) in [5.41, 5.74) is 8.72. The van der Waals surface area contributed by atoms with Gasteiger partial charge in [-0.2, -0.15) is 5.10 Å². The van der Waals surface area contributed by atoms with Gasteiger partial charge in [-0.15, -0.1) is 0 Å². The predicted molar refractivity (Wildman–Crippen MR) is 124 cm³/mol. The summed E-state index contributed by atoms with van der Waals surface area (Å²) in [6.07, 6.45) is 8.19. The second-order valence-electron chi connectivity index (χ2n) is 7.28. The molecular weight excluding hydrogens is 457 g/mol. The Morgan fingerprint density at radius 1 is 1.23 bits per heavy atom. The maximum Gasteiger partial charge on any atom is 0.120 e. The molecule has 4 rings (SSSR count). The van der Waals surface area contributed by atoms with Gasteiger partial charge in [-0.25, -0.2) is 0 Å². The summed E-state index contributed by atoms with van der Waals surface area (Å²) >= 11 is 12.3. The molecule has 0 aliphatic carbocycles. The molecule has 3 aromatic rings. The fourth-order valence-corrected chi connectivity index (χ4v) is 5.19. The molecule has 0 spiro atoms. The first-order valence-electron chi connectivity index (χ1n) is 9.71. The van der Waals surface area contributed by atoms with Crippen LogP contribution in [-0.4, -0.2) is 36.2 Å². The van der Waals surface area contributed by atoms with Crippen LogP contribution in [0.4, 0.5) is 5.69 Å². The SMILES string of the molecule is N=C(c1cnn(C2CCS(=O)CC2)c1)c1cc(OCc2c(Cl)cncc2Cl)ccc1N. The lowest BCUT2D eigenvalue weighted by atomic mass is 10.0. The smallest absolute Gasteiger partial charge is 0.120 e. The van der Waals surface area contributed by atoms with Crippen molar-refractivity contribution < 1.29 is 8.95 Å². The summed E-state index contributed by atoms with van der Waals surface area (Å²) in [5, 5.41) is 13.9. The van der Waals surface area contributed by atoms with Gasteiger partial charge in [0.05, 0.1) is 28.0 Å². The van der Waals surface area contributed by atoms with E-state index in [0.717, 1.165) is 12.8 Å². The maximum absolute atomic E-state index is 11.6. The van der Waals surface area contributed by atoms with E-state index >= 15 is 0 Å². The van der Waals surface area contributed by atoms with Gasteiger partial charge in [0, 0.05) is 63.3 Å². The van der Waals surface area contributed by atoms with Gasteiger partial charge in [0.2, 0.25) is 0 Å². The lowest BCUT2D eigenvalue weighted by molar-refractivity contribution is 0.306. The van der Waals surface area contributed by atoms with Crippen molar-refractivity contribution in [1.29, 1.82) is 5.41 Å². The summed E-state index contributed by atoms with van der Waals surface area (Å²) < 4.78 is 19.3. The molecule has 3 N–H and O–H groups in total. The number of hydrogen-bond acceptors (Lipinski definition) is 6. The Morgan fingerprint density at radius 3 is 2.65 bits per heavy atom. The number of nitrogen functional groups attached to an aromatic ring is 1. The molecule has 3 heterocycles. The molecule has 0 atom stereocenters. The number of nitrogens with two attached hydrogens (primary N) is 1. The first kappa shape index (κ1) is 21.8. The van der Waals surface area contributed by atoms with Crippen LogP contribution < -0.4 is 10.5 Å². The molecule has 0 unspecified atom stereocenters. The average Bonchev–Trinajstić information content (AvgIpc) is 3.25. The maximum atomic E-state index is 11.6. The van der Waals surface area contributed by atoms with Gasteiger partial charge in [0.25, 0.3) is 0 Å². The van der Waals surface area contributed by atoms with Gasteiger partial charge in [-0.1, -0.05) is 23.2 Å². The van der Waals surface area contributed by atoms with Crippen molar-refractivity contribution in [3.05, 3.63) is 69.7 Å². The van der Waals surface area contributed by atoms with Gasteiger partial charge in [0.1, 0.15) is 12.4 Å². The highest BCUT2D eigenvalue weighted by atomic mass is 35.5. The third-order valence-corrected chi connectivity index (χ3v) is 7.28. The number of rotatable bonds is 6. The molecule has 0 saturated carbocycles. The van der Waals surface area contributed by atoms with Gasteiger partial charge in [-0.3, -0.25) is 19.3 Å². The number of nitrogens with one attached hydrogen (secondary N) is 1. The number of hydrogen-bond donors (Lipinski definition) is 2. The molecule has 1 aromatic carbocycles. The zero-order valence-electron chi connectivity index (χ0n) is 16.6. The van der Waals surface area contributed by atoms with E-state index in [1.807, 2.05) is 10.9 Å². The van der Waals surface area contributed by atoms with Gasteiger partial charge in [0.15, 0.2) is 0 Å². The number of halogens is 2. The summed E-state index contributed by atoms with van der Waals surface area (Å²) in [4.78, 5) is 3.93. The highest BCUT2D eigenvalue weighted by molar-refractivity contribution is 7.85. The zero-order valence-corrected chi connectivity index (χ0v) is 18.9. The van der Waals surface area contributed by atoms with Crippen LogP contribution in [0.5, 0.6) is 5.75 Å². The summed E-state index contributed by atoms with van der Waals surface area (Å²) in [6.45, 7) is 0.165. The third-order valence-electron chi connectivity index (χ3n) is 5.25. The highest BCUT2D eigenvalue weighted by Gasteiger charge is 2.21. The molecule has 162 valence electrons. The number of aromatic nitrogens is 3. The van der Waals surface area contributed by atoms with Crippen LogP contribution in [0.15, 0.2) is 43.0 Å².